The topological polar surface area (TPSA) is 46.3 Å². The Morgan fingerprint density at radius 1 is 1.33 bits per heavy atom. The third-order valence-electron chi connectivity index (χ3n) is 3.21. The first-order valence-electron chi connectivity index (χ1n) is 5.87. The molecule has 15 heavy (non-hydrogen) atoms. The smallest absolute Gasteiger partial charge is 0.227 e. The monoisotopic (exact) mass is 212 g/mol. The van der Waals surface area contributed by atoms with Crippen LogP contribution < -0.4 is 5.73 Å². The Morgan fingerprint density at radius 2 is 1.80 bits per heavy atom. The minimum atomic E-state index is -0.249. The van der Waals surface area contributed by atoms with Gasteiger partial charge in [0.2, 0.25) is 5.91 Å². The number of carbonyl (C=O) groups is 1. The lowest BCUT2D eigenvalue weighted by Gasteiger charge is -2.36. The largest absolute Gasteiger partial charge is 0.342 e. The predicted molar refractivity (Wildman–Crippen MR) is 62.4 cm³/mol. The number of amides is 1. The lowest BCUT2D eigenvalue weighted by Crippen LogP contribution is -2.46. The second-order valence-electron chi connectivity index (χ2n) is 5.74. The third-order valence-corrected chi connectivity index (χ3v) is 3.21. The molecule has 0 aromatic heterocycles. The lowest BCUT2D eigenvalue weighted by atomic mass is 9.88. The molecule has 1 fully saturated rings. The van der Waals surface area contributed by atoms with E-state index in [9.17, 15) is 4.79 Å². The molecule has 1 saturated heterocycles. The van der Waals surface area contributed by atoms with Crippen molar-refractivity contribution in [3.8, 4) is 0 Å². The fourth-order valence-corrected chi connectivity index (χ4v) is 2.10. The molecule has 0 radical (unpaired) electrons. The van der Waals surface area contributed by atoms with Crippen LogP contribution in [0.15, 0.2) is 0 Å². The molecule has 1 amide bonds. The standard InChI is InChI=1S/C12H24N2O/c1-9(13)10-5-7-14(8-6-10)11(15)12(2,3)4/h9-10H,5-8,13H2,1-4H3. The summed E-state index contributed by atoms with van der Waals surface area (Å²) in [6.07, 6.45) is 2.11. The summed E-state index contributed by atoms with van der Waals surface area (Å²) < 4.78 is 0. The molecule has 0 bridgehead atoms. The summed E-state index contributed by atoms with van der Waals surface area (Å²) in [6, 6.07) is 0.261. The van der Waals surface area contributed by atoms with Crippen LogP contribution in [0.5, 0.6) is 0 Å². The van der Waals surface area contributed by atoms with Crippen LogP contribution in [0.25, 0.3) is 0 Å². The Hall–Kier alpha value is -0.570. The van der Waals surface area contributed by atoms with Gasteiger partial charge < -0.3 is 10.6 Å². The highest BCUT2D eigenvalue weighted by molar-refractivity contribution is 5.81. The van der Waals surface area contributed by atoms with Crippen molar-refractivity contribution in [2.24, 2.45) is 17.1 Å². The molecule has 1 atom stereocenters. The Morgan fingerprint density at radius 3 is 2.13 bits per heavy atom. The van der Waals surface area contributed by atoms with E-state index in [0.717, 1.165) is 25.9 Å². The Kier molecular flexibility index (Phi) is 3.77. The van der Waals surface area contributed by atoms with Gasteiger partial charge in [-0.05, 0) is 25.7 Å². The number of nitrogens with zero attached hydrogens (tertiary/aromatic N) is 1. The molecule has 0 aromatic rings. The van der Waals surface area contributed by atoms with Crippen LogP contribution in [0.2, 0.25) is 0 Å². The molecule has 1 aliphatic heterocycles. The first-order chi connectivity index (χ1) is 6.82. The van der Waals surface area contributed by atoms with Crippen LogP contribution >= 0.6 is 0 Å². The van der Waals surface area contributed by atoms with E-state index in [1.807, 2.05) is 25.7 Å². The normalized spacial score (nSPS) is 21.5. The number of carbonyl (C=O) groups excluding carboxylic acids is 1. The Balaban J connectivity index is 2.48. The van der Waals surface area contributed by atoms with Crippen molar-refractivity contribution in [2.75, 3.05) is 13.1 Å². The van der Waals surface area contributed by atoms with Crippen molar-refractivity contribution in [1.29, 1.82) is 0 Å². The van der Waals surface area contributed by atoms with E-state index in [1.165, 1.54) is 0 Å². The van der Waals surface area contributed by atoms with Crippen molar-refractivity contribution >= 4 is 5.91 Å². The van der Waals surface area contributed by atoms with Gasteiger partial charge in [-0.3, -0.25) is 4.79 Å². The summed E-state index contributed by atoms with van der Waals surface area (Å²) >= 11 is 0. The highest BCUT2D eigenvalue weighted by Gasteiger charge is 2.30. The molecular formula is C12H24N2O. The zero-order valence-corrected chi connectivity index (χ0v) is 10.4. The van der Waals surface area contributed by atoms with Gasteiger partial charge in [-0.2, -0.15) is 0 Å². The fourth-order valence-electron chi connectivity index (χ4n) is 2.10. The second-order valence-corrected chi connectivity index (χ2v) is 5.74. The second kappa shape index (κ2) is 4.52. The quantitative estimate of drug-likeness (QED) is 0.718. The molecule has 1 unspecified atom stereocenters. The third kappa shape index (κ3) is 3.20. The van der Waals surface area contributed by atoms with Gasteiger partial charge in [-0.15, -0.1) is 0 Å². The molecule has 3 nitrogen and oxygen atoms in total. The number of piperidine rings is 1. The summed E-state index contributed by atoms with van der Waals surface area (Å²) in [5.74, 6) is 0.861. The Bertz CT molecular complexity index is 222. The minimum Gasteiger partial charge on any atom is -0.342 e. The fraction of sp³-hybridized carbons (Fsp3) is 0.917. The number of hydrogen-bond acceptors (Lipinski definition) is 2. The van der Waals surface area contributed by atoms with Gasteiger partial charge in [-0.1, -0.05) is 20.8 Å². The molecule has 1 rings (SSSR count). The molecule has 0 aromatic carbocycles. The first kappa shape index (κ1) is 12.5. The van der Waals surface area contributed by atoms with E-state index in [4.69, 9.17) is 5.73 Å². The molecule has 3 heteroatoms. The lowest BCUT2D eigenvalue weighted by molar-refractivity contribution is -0.141. The van der Waals surface area contributed by atoms with Crippen molar-refractivity contribution in [1.82, 2.24) is 4.90 Å². The number of nitrogens with two attached hydrogens (primary N) is 1. The molecule has 0 aliphatic carbocycles. The number of hydrogen-bond donors (Lipinski definition) is 1. The van der Waals surface area contributed by atoms with Crippen LogP contribution in [0.4, 0.5) is 0 Å². The van der Waals surface area contributed by atoms with Gasteiger partial charge >= 0.3 is 0 Å². The van der Waals surface area contributed by atoms with Gasteiger partial charge in [-0.25, -0.2) is 0 Å². The van der Waals surface area contributed by atoms with Gasteiger partial charge in [0.1, 0.15) is 0 Å². The zero-order valence-electron chi connectivity index (χ0n) is 10.4. The van der Waals surface area contributed by atoms with Crippen LogP contribution in [-0.4, -0.2) is 29.9 Å². The summed E-state index contributed by atoms with van der Waals surface area (Å²) in [5, 5.41) is 0. The van der Waals surface area contributed by atoms with Crippen LogP contribution in [-0.2, 0) is 4.79 Å². The Labute approximate surface area is 93.0 Å². The maximum atomic E-state index is 12.0. The molecule has 0 saturated carbocycles. The molecular weight excluding hydrogens is 188 g/mol. The first-order valence-corrected chi connectivity index (χ1v) is 5.87. The summed E-state index contributed by atoms with van der Waals surface area (Å²) in [5.41, 5.74) is 5.62. The zero-order chi connectivity index (χ0) is 11.6. The highest BCUT2D eigenvalue weighted by atomic mass is 16.2. The van der Waals surface area contributed by atoms with Gasteiger partial charge in [0.05, 0.1) is 0 Å². The van der Waals surface area contributed by atoms with E-state index in [1.54, 1.807) is 0 Å². The van der Waals surface area contributed by atoms with Crippen LogP contribution in [0.1, 0.15) is 40.5 Å². The van der Waals surface area contributed by atoms with Crippen LogP contribution in [0.3, 0.4) is 0 Å². The highest BCUT2D eigenvalue weighted by Crippen LogP contribution is 2.24. The van der Waals surface area contributed by atoms with Crippen molar-refractivity contribution in [2.45, 2.75) is 46.6 Å². The molecule has 2 N–H and O–H groups in total. The van der Waals surface area contributed by atoms with Crippen LogP contribution in [0, 0.1) is 11.3 Å². The average Bonchev–Trinajstić information content (AvgIpc) is 2.15. The van der Waals surface area contributed by atoms with E-state index in [0.29, 0.717) is 5.92 Å². The molecule has 0 spiro atoms. The minimum absolute atomic E-state index is 0.249. The SMILES string of the molecule is CC(N)C1CCN(C(=O)C(C)(C)C)CC1. The molecule has 1 aliphatic rings. The van der Waals surface area contributed by atoms with Gasteiger partial charge in [0.25, 0.3) is 0 Å². The maximum absolute atomic E-state index is 12.0. The van der Waals surface area contributed by atoms with E-state index >= 15 is 0 Å². The van der Waals surface area contributed by atoms with Gasteiger partial charge in [0.15, 0.2) is 0 Å². The van der Waals surface area contributed by atoms with E-state index in [-0.39, 0.29) is 17.4 Å². The van der Waals surface area contributed by atoms with Crippen molar-refractivity contribution < 1.29 is 4.79 Å². The average molecular weight is 212 g/mol. The summed E-state index contributed by atoms with van der Waals surface area (Å²) in [7, 11) is 0. The molecule has 1 heterocycles. The number of rotatable bonds is 1. The summed E-state index contributed by atoms with van der Waals surface area (Å²) in [6.45, 7) is 9.75. The predicted octanol–water partition coefficient (Wildman–Crippen LogP) is 1.62. The van der Waals surface area contributed by atoms with E-state index in [2.05, 4.69) is 6.92 Å². The van der Waals surface area contributed by atoms with Gasteiger partial charge in [0, 0.05) is 24.5 Å². The number of likely N-dealkylation sites (tertiary alicyclic amines) is 1. The summed E-state index contributed by atoms with van der Waals surface area (Å²) in [4.78, 5) is 14.0. The van der Waals surface area contributed by atoms with E-state index < -0.39 is 0 Å². The maximum Gasteiger partial charge on any atom is 0.227 e. The van der Waals surface area contributed by atoms with Crippen molar-refractivity contribution in [3.63, 3.8) is 0 Å². The molecule has 88 valence electrons. The van der Waals surface area contributed by atoms with Crippen molar-refractivity contribution in [3.05, 3.63) is 0 Å².